The smallest absolute Gasteiger partial charge is 0.329 e. The fourth-order valence-electron chi connectivity index (χ4n) is 0.908. The molecular formula is C14H22F3NOSi. The Kier molecular flexibility index (Phi) is 7.16. The van der Waals surface area contributed by atoms with Gasteiger partial charge >= 0.3 is 6.18 Å². The second kappa shape index (κ2) is 7.59. The normalized spacial score (nSPS) is 11.8. The first kappa shape index (κ1) is 18.9. The molecular weight excluding hydrogens is 283 g/mol. The van der Waals surface area contributed by atoms with Gasteiger partial charge in [-0.1, -0.05) is 50.0 Å². The van der Waals surface area contributed by atoms with Crippen LogP contribution in [0.2, 0.25) is 19.6 Å². The van der Waals surface area contributed by atoms with Gasteiger partial charge in [-0.2, -0.15) is 13.2 Å². The van der Waals surface area contributed by atoms with E-state index in [1.165, 1.54) is 24.3 Å². The number of ketones is 1. The summed E-state index contributed by atoms with van der Waals surface area (Å²) in [5.74, 6) is -0.895. The Bertz CT molecular complexity index is 411. The van der Waals surface area contributed by atoms with E-state index < -0.39 is 26.6 Å². The van der Waals surface area contributed by atoms with Crippen molar-refractivity contribution >= 4 is 14.0 Å². The monoisotopic (exact) mass is 305 g/mol. The summed E-state index contributed by atoms with van der Waals surface area (Å²) < 4.78 is 37.6. The summed E-state index contributed by atoms with van der Waals surface area (Å²) in [5, 5.41) is 0. The van der Waals surface area contributed by atoms with Crippen molar-refractivity contribution in [1.29, 1.82) is 0 Å². The summed E-state index contributed by atoms with van der Waals surface area (Å²) in [4.78, 5) is 10.9. The van der Waals surface area contributed by atoms with Gasteiger partial charge in [-0.3, -0.25) is 4.79 Å². The van der Waals surface area contributed by atoms with Crippen LogP contribution in [-0.4, -0.2) is 38.9 Å². The molecule has 0 atom stereocenters. The van der Waals surface area contributed by atoms with Crippen LogP contribution in [0.5, 0.6) is 0 Å². The van der Waals surface area contributed by atoms with Crippen LogP contribution in [0.1, 0.15) is 16.8 Å². The minimum absolute atomic E-state index is 0.0971. The molecule has 1 rings (SSSR count). The summed E-state index contributed by atoms with van der Waals surface area (Å²) in [6, 6.07) is 7.44. The van der Waals surface area contributed by atoms with E-state index in [0.717, 1.165) is 0 Å². The van der Waals surface area contributed by atoms with Gasteiger partial charge < -0.3 is 4.57 Å². The molecule has 20 heavy (non-hydrogen) atoms. The summed E-state index contributed by atoms with van der Waals surface area (Å²) in [7, 11) is 3.39. The Balaban J connectivity index is 0.000000441. The van der Waals surface area contributed by atoms with Crippen LogP contribution in [0.25, 0.3) is 0 Å². The zero-order chi connectivity index (χ0) is 16.0. The number of carbonyl (C=O) groups excluding carboxylic acids is 1. The maximum atomic E-state index is 11.8. The minimum atomic E-state index is -4.42. The molecule has 0 saturated carbocycles. The highest BCUT2D eigenvalue weighted by Crippen LogP contribution is 2.21. The molecule has 0 bridgehead atoms. The van der Waals surface area contributed by atoms with Gasteiger partial charge in [0, 0.05) is 5.56 Å². The lowest BCUT2D eigenvalue weighted by Gasteiger charge is -2.24. The first-order chi connectivity index (χ1) is 8.93. The van der Waals surface area contributed by atoms with Crippen LogP contribution in [0, 0.1) is 0 Å². The summed E-state index contributed by atoms with van der Waals surface area (Å²) >= 11 is 0. The number of nitrogens with zero attached hydrogens (tertiary/aromatic N) is 1. The molecule has 6 heteroatoms. The van der Waals surface area contributed by atoms with Crippen LogP contribution in [-0.2, 0) is 0 Å². The zero-order valence-corrected chi connectivity index (χ0v) is 13.6. The maximum absolute atomic E-state index is 11.8. The molecule has 0 aliphatic carbocycles. The average molecular weight is 305 g/mol. The standard InChI is InChI=1S/C9H7F3O.C5H15NSi/c10-9(11,12)6-8(13)7-4-2-1-3-5-7;1-6(2)7(3,4)5/h1-5H,6H2;1-5H3. The molecule has 0 spiro atoms. The van der Waals surface area contributed by atoms with Gasteiger partial charge in [0.1, 0.15) is 14.7 Å². The van der Waals surface area contributed by atoms with E-state index in [1.54, 1.807) is 6.07 Å². The number of benzene rings is 1. The Morgan fingerprint density at radius 3 is 1.80 bits per heavy atom. The van der Waals surface area contributed by atoms with Crippen molar-refractivity contribution in [3.8, 4) is 0 Å². The van der Waals surface area contributed by atoms with E-state index in [4.69, 9.17) is 0 Å². The molecule has 0 heterocycles. The number of alkyl halides is 3. The first-order valence-corrected chi connectivity index (χ1v) is 9.70. The lowest BCUT2D eigenvalue weighted by molar-refractivity contribution is -0.125. The van der Waals surface area contributed by atoms with Gasteiger partial charge in [-0.15, -0.1) is 0 Å². The molecule has 0 amide bonds. The van der Waals surface area contributed by atoms with E-state index >= 15 is 0 Å². The molecule has 0 aliphatic heterocycles. The second-order valence-corrected chi connectivity index (χ2v) is 10.9. The van der Waals surface area contributed by atoms with Gasteiger partial charge in [-0.05, 0) is 14.1 Å². The third-order valence-corrected chi connectivity index (χ3v) is 5.48. The third-order valence-electron chi connectivity index (χ3n) is 2.80. The van der Waals surface area contributed by atoms with Crippen molar-refractivity contribution in [2.45, 2.75) is 32.2 Å². The molecule has 2 nitrogen and oxygen atoms in total. The molecule has 1 aromatic carbocycles. The number of carbonyl (C=O) groups is 1. The molecule has 0 fully saturated rings. The average Bonchev–Trinajstić information content (AvgIpc) is 2.27. The second-order valence-electron chi connectivity index (χ2n) is 5.65. The van der Waals surface area contributed by atoms with Crippen LogP contribution >= 0.6 is 0 Å². The fourth-order valence-corrected chi connectivity index (χ4v) is 0.908. The van der Waals surface area contributed by atoms with Crippen LogP contribution in [0.4, 0.5) is 13.2 Å². The van der Waals surface area contributed by atoms with Crippen LogP contribution in [0.15, 0.2) is 30.3 Å². The predicted octanol–water partition coefficient (Wildman–Crippen LogP) is 4.20. The van der Waals surface area contributed by atoms with Crippen LogP contribution < -0.4 is 0 Å². The van der Waals surface area contributed by atoms with Gasteiger partial charge in [0.05, 0.1) is 0 Å². The number of halogens is 3. The fraction of sp³-hybridized carbons (Fsp3) is 0.500. The summed E-state index contributed by atoms with van der Waals surface area (Å²) in [5.41, 5.74) is 0.0971. The minimum Gasteiger partial charge on any atom is -0.329 e. The molecule has 0 radical (unpaired) electrons. The van der Waals surface area contributed by atoms with Gasteiger partial charge in [0.15, 0.2) is 5.78 Å². The lowest BCUT2D eigenvalue weighted by Crippen LogP contribution is -2.39. The van der Waals surface area contributed by atoms with Crippen molar-refractivity contribution in [2.75, 3.05) is 14.1 Å². The molecule has 1 aromatic rings. The SMILES string of the molecule is CN(C)[Si](C)(C)C.O=C(CC(F)(F)F)c1ccccc1. The molecule has 0 N–H and O–H groups in total. The van der Waals surface area contributed by atoms with Gasteiger partial charge in [0.2, 0.25) is 0 Å². The Morgan fingerprint density at radius 1 is 1.10 bits per heavy atom. The number of Topliss-reactive ketones (excluding diaryl/α,β-unsaturated/α-hetero) is 1. The maximum Gasteiger partial charge on any atom is 0.396 e. The Morgan fingerprint density at radius 2 is 1.50 bits per heavy atom. The van der Waals surface area contributed by atoms with E-state index in [9.17, 15) is 18.0 Å². The Hall–Kier alpha value is -1.14. The predicted molar refractivity (Wildman–Crippen MR) is 78.5 cm³/mol. The topological polar surface area (TPSA) is 20.3 Å². The van der Waals surface area contributed by atoms with E-state index in [0.29, 0.717) is 0 Å². The zero-order valence-electron chi connectivity index (χ0n) is 12.6. The van der Waals surface area contributed by atoms with Crippen molar-refractivity contribution in [3.05, 3.63) is 35.9 Å². The molecule has 0 aliphatic rings. The number of hydrogen-bond acceptors (Lipinski definition) is 2. The lowest BCUT2D eigenvalue weighted by atomic mass is 10.1. The summed E-state index contributed by atoms with van der Waals surface area (Å²) in [6.07, 6.45) is -5.82. The largest absolute Gasteiger partial charge is 0.396 e. The van der Waals surface area contributed by atoms with Crippen molar-refractivity contribution in [2.24, 2.45) is 0 Å². The quantitative estimate of drug-likeness (QED) is 0.616. The molecule has 0 saturated heterocycles. The number of hydrogen-bond donors (Lipinski definition) is 0. The highest BCUT2D eigenvalue weighted by molar-refractivity contribution is 6.73. The van der Waals surface area contributed by atoms with Gasteiger partial charge in [-0.25, -0.2) is 0 Å². The molecule has 114 valence electrons. The van der Waals surface area contributed by atoms with Crippen molar-refractivity contribution < 1.29 is 18.0 Å². The van der Waals surface area contributed by atoms with E-state index in [1.807, 2.05) is 0 Å². The molecule has 0 unspecified atom stereocenters. The molecule has 0 aromatic heterocycles. The third kappa shape index (κ3) is 8.87. The van der Waals surface area contributed by atoms with E-state index in [2.05, 4.69) is 38.3 Å². The first-order valence-electron chi connectivity index (χ1n) is 6.26. The van der Waals surface area contributed by atoms with Crippen LogP contribution in [0.3, 0.4) is 0 Å². The summed E-state index contributed by atoms with van der Waals surface area (Å²) in [6.45, 7) is 6.98. The van der Waals surface area contributed by atoms with Crippen molar-refractivity contribution in [1.82, 2.24) is 4.57 Å². The number of rotatable bonds is 3. The highest BCUT2D eigenvalue weighted by atomic mass is 28.3. The van der Waals surface area contributed by atoms with Crippen molar-refractivity contribution in [3.63, 3.8) is 0 Å². The Labute approximate surface area is 119 Å². The highest BCUT2D eigenvalue weighted by Gasteiger charge is 2.31. The van der Waals surface area contributed by atoms with E-state index in [-0.39, 0.29) is 5.56 Å². The van der Waals surface area contributed by atoms with Gasteiger partial charge in [0.25, 0.3) is 0 Å².